The molecular weight excluding hydrogens is 345 g/mol. The second-order valence-electron chi connectivity index (χ2n) is 5.09. The van der Waals surface area contributed by atoms with Crippen molar-refractivity contribution in [3.05, 3.63) is 40.6 Å². The van der Waals surface area contributed by atoms with E-state index in [9.17, 15) is 27.6 Å². The van der Waals surface area contributed by atoms with E-state index in [1.54, 1.807) is 6.92 Å². The lowest BCUT2D eigenvalue weighted by atomic mass is 9.98. The summed E-state index contributed by atoms with van der Waals surface area (Å²) in [4.78, 5) is 12.1. The van der Waals surface area contributed by atoms with E-state index in [0.29, 0.717) is 6.54 Å². The highest BCUT2D eigenvalue weighted by molar-refractivity contribution is 7.90. The van der Waals surface area contributed by atoms with Gasteiger partial charge in [0.2, 0.25) is 11.7 Å². The third-order valence-electron chi connectivity index (χ3n) is 3.60. The van der Waals surface area contributed by atoms with Gasteiger partial charge in [-0.2, -0.15) is 18.3 Å². The average molecular weight is 360 g/mol. The molecule has 0 radical (unpaired) electrons. The minimum Gasteiger partial charge on any atom is -0.612 e. The number of aryl methyl sites for hydroxylation is 1. The predicted octanol–water partition coefficient (Wildman–Crippen LogP) is 2.90. The molecule has 5 nitrogen and oxygen atoms in total. The van der Waals surface area contributed by atoms with Crippen LogP contribution in [-0.4, -0.2) is 31.5 Å². The third kappa shape index (κ3) is 3.13. The summed E-state index contributed by atoms with van der Waals surface area (Å²) in [5, 5.41) is 13.8. The predicted molar refractivity (Wildman–Crippen MR) is 81.5 cm³/mol. The van der Waals surface area contributed by atoms with Crippen molar-refractivity contribution >= 4 is 17.0 Å². The van der Waals surface area contributed by atoms with Gasteiger partial charge in [0.25, 0.3) is 0 Å². The van der Waals surface area contributed by atoms with Gasteiger partial charge >= 0.3 is 6.18 Å². The molecule has 9 heteroatoms. The molecule has 0 amide bonds. The Labute approximate surface area is 139 Å². The normalized spacial score (nSPS) is 13.1. The molecule has 24 heavy (non-hydrogen) atoms. The number of alkyl halides is 3. The zero-order chi connectivity index (χ0) is 18.2. The summed E-state index contributed by atoms with van der Waals surface area (Å²) < 4.78 is 52.2. The number of carbonyl (C=O) groups excluding carboxylic acids is 1. The van der Waals surface area contributed by atoms with Crippen LogP contribution < -0.4 is 0 Å². The SMILES string of the molecule is CCn1ncc(C(=O)c2ccc(C(F)(F)F)c([S+](C)[O-])c2C)c1O. The second-order valence-corrected chi connectivity index (χ2v) is 6.41. The number of ketones is 1. The number of hydrogen-bond donors (Lipinski definition) is 1. The molecule has 2 aromatic rings. The first-order valence-electron chi connectivity index (χ1n) is 6.93. The zero-order valence-electron chi connectivity index (χ0n) is 13.1. The number of aromatic hydroxyl groups is 1. The Balaban J connectivity index is 2.61. The van der Waals surface area contributed by atoms with E-state index in [1.165, 1.54) is 11.6 Å². The van der Waals surface area contributed by atoms with Gasteiger partial charge in [-0.15, -0.1) is 0 Å². The molecule has 1 N–H and O–H groups in total. The van der Waals surface area contributed by atoms with Gasteiger partial charge in [-0.05, 0) is 37.2 Å². The van der Waals surface area contributed by atoms with Crippen molar-refractivity contribution in [2.24, 2.45) is 0 Å². The lowest BCUT2D eigenvalue weighted by Crippen LogP contribution is -2.17. The van der Waals surface area contributed by atoms with E-state index in [1.807, 2.05) is 0 Å². The van der Waals surface area contributed by atoms with Crippen LogP contribution in [0.2, 0.25) is 0 Å². The quantitative estimate of drug-likeness (QED) is 0.672. The smallest absolute Gasteiger partial charge is 0.421 e. The van der Waals surface area contributed by atoms with Crippen LogP contribution in [0.15, 0.2) is 23.2 Å². The molecule has 2 rings (SSSR count). The highest BCUT2D eigenvalue weighted by atomic mass is 32.2. The van der Waals surface area contributed by atoms with Gasteiger partial charge in [0.15, 0.2) is 4.90 Å². The van der Waals surface area contributed by atoms with Crippen molar-refractivity contribution in [2.75, 3.05) is 6.26 Å². The van der Waals surface area contributed by atoms with Gasteiger partial charge in [0, 0.05) is 17.7 Å². The molecular formula is C15H15F3N2O3S. The van der Waals surface area contributed by atoms with Crippen molar-refractivity contribution in [1.82, 2.24) is 9.78 Å². The maximum atomic E-state index is 13.1. The maximum Gasteiger partial charge on any atom is 0.421 e. The van der Waals surface area contributed by atoms with Crippen LogP contribution in [0.25, 0.3) is 0 Å². The van der Waals surface area contributed by atoms with E-state index in [4.69, 9.17) is 0 Å². The highest BCUT2D eigenvalue weighted by Gasteiger charge is 2.39. The van der Waals surface area contributed by atoms with Crippen LogP contribution in [-0.2, 0) is 23.9 Å². The van der Waals surface area contributed by atoms with Crippen molar-refractivity contribution in [1.29, 1.82) is 0 Å². The Hall–Kier alpha value is -2.00. The minimum absolute atomic E-state index is 0.0284. The summed E-state index contributed by atoms with van der Waals surface area (Å²) in [6.45, 7) is 3.35. The van der Waals surface area contributed by atoms with Gasteiger partial charge in [-0.1, -0.05) is 0 Å². The molecule has 0 aliphatic carbocycles. The Bertz CT molecular complexity index is 785. The van der Waals surface area contributed by atoms with Crippen LogP contribution >= 0.6 is 0 Å². The average Bonchev–Trinajstić information content (AvgIpc) is 2.85. The van der Waals surface area contributed by atoms with E-state index in [-0.39, 0.29) is 22.6 Å². The highest BCUT2D eigenvalue weighted by Crippen LogP contribution is 2.37. The van der Waals surface area contributed by atoms with E-state index >= 15 is 0 Å². The lowest BCUT2D eigenvalue weighted by molar-refractivity contribution is -0.139. The number of benzene rings is 1. The summed E-state index contributed by atoms with van der Waals surface area (Å²) in [6.07, 6.45) is -2.40. The van der Waals surface area contributed by atoms with Crippen molar-refractivity contribution in [3.8, 4) is 5.88 Å². The van der Waals surface area contributed by atoms with E-state index in [0.717, 1.165) is 24.6 Å². The number of hydrogen-bond acceptors (Lipinski definition) is 4. The molecule has 0 spiro atoms. The number of carbonyl (C=O) groups is 1. The number of aromatic nitrogens is 2. The summed E-state index contributed by atoms with van der Waals surface area (Å²) in [5.74, 6) is -1.04. The maximum absolute atomic E-state index is 13.1. The van der Waals surface area contributed by atoms with Crippen LogP contribution in [0.4, 0.5) is 13.2 Å². The summed E-state index contributed by atoms with van der Waals surface area (Å²) >= 11 is -1.94. The van der Waals surface area contributed by atoms with Crippen molar-refractivity contribution < 1.29 is 27.6 Å². The topological polar surface area (TPSA) is 78.2 Å². The van der Waals surface area contributed by atoms with Gasteiger partial charge in [0.1, 0.15) is 17.4 Å². The zero-order valence-corrected chi connectivity index (χ0v) is 14.0. The molecule has 1 aromatic heterocycles. The van der Waals surface area contributed by atoms with Crippen molar-refractivity contribution in [3.63, 3.8) is 0 Å². The Kier molecular flexibility index (Phi) is 4.95. The van der Waals surface area contributed by atoms with Crippen LogP contribution in [0.3, 0.4) is 0 Å². The monoisotopic (exact) mass is 360 g/mol. The number of nitrogens with zero attached hydrogens (tertiary/aromatic N) is 2. The first kappa shape index (κ1) is 18.3. The van der Waals surface area contributed by atoms with Crippen LogP contribution in [0, 0.1) is 6.92 Å². The summed E-state index contributed by atoms with van der Waals surface area (Å²) in [7, 11) is 0. The Morgan fingerprint density at radius 3 is 2.46 bits per heavy atom. The molecule has 1 heterocycles. The molecule has 0 aliphatic rings. The number of halogens is 3. The molecule has 1 aromatic carbocycles. The molecule has 0 saturated carbocycles. The van der Waals surface area contributed by atoms with Crippen LogP contribution in [0.5, 0.6) is 5.88 Å². The van der Waals surface area contributed by atoms with Gasteiger partial charge in [0.05, 0.1) is 6.20 Å². The minimum atomic E-state index is -4.68. The molecule has 130 valence electrons. The second kappa shape index (κ2) is 6.48. The first-order chi connectivity index (χ1) is 11.1. The molecule has 0 fully saturated rings. The first-order valence-corrected chi connectivity index (χ1v) is 8.49. The van der Waals surface area contributed by atoms with Gasteiger partial charge < -0.3 is 9.66 Å². The van der Waals surface area contributed by atoms with Crippen LogP contribution in [0.1, 0.15) is 34.0 Å². The Morgan fingerprint density at radius 2 is 2.00 bits per heavy atom. The fourth-order valence-electron chi connectivity index (χ4n) is 2.45. The fourth-order valence-corrected chi connectivity index (χ4v) is 3.48. The lowest BCUT2D eigenvalue weighted by Gasteiger charge is -2.17. The number of rotatable bonds is 4. The van der Waals surface area contributed by atoms with Gasteiger partial charge in [-0.3, -0.25) is 4.79 Å². The Morgan fingerprint density at radius 1 is 1.38 bits per heavy atom. The standard InChI is InChI=1S/C15H15F3N2O3S/c1-4-20-14(22)10(7-19-20)12(21)9-5-6-11(15(16,17)18)13(8(9)2)24(3)23/h5-7,22H,4H2,1-3H3. The summed E-state index contributed by atoms with van der Waals surface area (Å²) in [5.41, 5.74) is -1.24. The molecule has 0 aliphatic heterocycles. The summed E-state index contributed by atoms with van der Waals surface area (Å²) in [6, 6.07) is 1.76. The molecule has 0 saturated heterocycles. The molecule has 0 bridgehead atoms. The molecule has 1 atom stereocenters. The third-order valence-corrected chi connectivity index (χ3v) is 4.70. The van der Waals surface area contributed by atoms with Gasteiger partial charge in [-0.25, -0.2) is 4.68 Å². The van der Waals surface area contributed by atoms with E-state index < -0.39 is 33.6 Å². The fraction of sp³-hybridized carbons (Fsp3) is 0.333. The molecule has 1 unspecified atom stereocenters. The largest absolute Gasteiger partial charge is 0.612 e. The van der Waals surface area contributed by atoms with Crippen molar-refractivity contribution in [2.45, 2.75) is 31.5 Å². The van der Waals surface area contributed by atoms with E-state index in [2.05, 4.69) is 5.10 Å².